The molecule has 1 spiro atoms. The highest BCUT2D eigenvalue weighted by molar-refractivity contribution is 6.77. The van der Waals surface area contributed by atoms with Crippen molar-refractivity contribution >= 4 is 8.32 Å². The third-order valence-electron chi connectivity index (χ3n) is 11.1. The van der Waals surface area contributed by atoms with Crippen LogP contribution in [0.2, 0.25) is 16.6 Å². The minimum Gasteiger partial charge on any atom is -0.410 e. The predicted octanol–water partition coefficient (Wildman–Crippen LogP) is 3.30. The Hall–Kier alpha value is 0.0169. The van der Waals surface area contributed by atoms with Gasteiger partial charge in [-0.3, -0.25) is 0 Å². The second-order valence-corrected chi connectivity index (χ2v) is 18.9. The van der Waals surface area contributed by atoms with Crippen LogP contribution in [0.15, 0.2) is 0 Å². The van der Waals surface area contributed by atoms with Crippen LogP contribution < -0.4 is 0 Å². The first-order valence-corrected chi connectivity index (χ1v) is 14.8. The highest BCUT2D eigenvalue weighted by atomic mass is 28.4. The molecule has 0 aromatic rings. The fourth-order valence-corrected chi connectivity index (χ4v) is 16.2. The summed E-state index contributed by atoms with van der Waals surface area (Å²) < 4.78 is 7.31. The van der Waals surface area contributed by atoms with Gasteiger partial charge >= 0.3 is 0 Å². The standard InChI is InChI=1S/C25H44O5Si/c1-11(2)31(12(3)4,13(5)6)30-22-23(7,8)10-24-15-9-14-16(18(14)24)19(26)20(27)17(15)21(28)25(22,24)29/h11-22,26-29H,9-10H2,1-8H3/t14-,15+,16+,17+,18+,19+,20-,21-,22-,24-,25+/m1/s1. The molecule has 4 N–H and O–H groups in total. The van der Waals surface area contributed by atoms with Crippen molar-refractivity contribution in [3.8, 4) is 0 Å². The van der Waals surface area contributed by atoms with E-state index < -0.39 is 49.7 Å². The maximum Gasteiger partial charge on any atom is 0.200 e. The SMILES string of the molecule is CC(C)[Si](O[C@@H]1C(C)(C)C[C@]23[C@H]4[C@@H]5C[C@H]2[C@@H]([C@@H](O)[C@@H](O)[C@@H]54)[C@@H](O)[C@]13O)(C(C)C)C(C)C. The van der Waals surface area contributed by atoms with Crippen molar-refractivity contribution in [1.82, 2.24) is 0 Å². The molecule has 31 heavy (non-hydrogen) atoms. The summed E-state index contributed by atoms with van der Waals surface area (Å²) >= 11 is 0. The highest BCUT2D eigenvalue weighted by Crippen LogP contribution is 2.85. The van der Waals surface area contributed by atoms with Crippen molar-refractivity contribution in [2.24, 2.45) is 40.4 Å². The zero-order chi connectivity index (χ0) is 23.0. The zero-order valence-corrected chi connectivity index (χ0v) is 21.5. The average Bonchev–Trinajstić information content (AvgIpc) is 3.21. The Labute approximate surface area is 188 Å². The lowest BCUT2D eigenvalue weighted by Crippen LogP contribution is -2.64. The molecule has 0 amide bonds. The van der Waals surface area contributed by atoms with Gasteiger partial charge in [0.1, 0.15) is 5.60 Å². The summed E-state index contributed by atoms with van der Waals surface area (Å²) in [5.74, 6) is 0.223. The number of hydrogen-bond acceptors (Lipinski definition) is 5. The van der Waals surface area contributed by atoms with Gasteiger partial charge in [0, 0.05) is 11.3 Å². The first-order valence-electron chi connectivity index (χ1n) is 12.7. The molecule has 6 saturated carbocycles. The van der Waals surface area contributed by atoms with Gasteiger partial charge in [-0.05, 0) is 58.6 Å². The summed E-state index contributed by atoms with van der Waals surface area (Å²) in [7, 11) is -2.31. The number of aliphatic hydroxyl groups excluding tert-OH is 3. The minimum absolute atomic E-state index is 0.0620. The van der Waals surface area contributed by atoms with E-state index in [9.17, 15) is 20.4 Å². The van der Waals surface area contributed by atoms with Crippen LogP contribution >= 0.6 is 0 Å². The molecule has 178 valence electrons. The van der Waals surface area contributed by atoms with E-state index in [4.69, 9.17) is 4.43 Å². The Morgan fingerprint density at radius 3 is 1.90 bits per heavy atom. The van der Waals surface area contributed by atoms with E-state index >= 15 is 0 Å². The Kier molecular flexibility index (Phi) is 4.68. The summed E-state index contributed by atoms with van der Waals surface area (Å²) in [4.78, 5) is 0. The molecule has 0 radical (unpaired) electrons. The normalized spacial score (nSPS) is 54.1. The third kappa shape index (κ3) is 2.26. The third-order valence-corrected chi connectivity index (χ3v) is 17.1. The Morgan fingerprint density at radius 2 is 1.39 bits per heavy atom. The van der Waals surface area contributed by atoms with Crippen LogP contribution in [0, 0.1) is 40.4 Å². The topological polar surface area (TPSA) is 90.2 Å². The molecule has 6 fully saturated rings. The molecule has 0 aromatic carbocycles. The molecule has 6 aliphatic rings. The van der Waals surface area contributed by atoms with Gasteiger partial charge in [-0.2, -0.15) is 0 Å². The van der Waals surface area contributed by atoms with Crippen LogP contribution in [0.5, 0.6) is 0 Å². The molecular weight excluding hydrogens is 408 g/mol. The van der Waals surface area contributed by atoms with Gasteiger partial charge in [0.25, 0.3) is 0 Å². The van der Waals surface area contributed by atoms with Gasteiger partial charge < -0.3 is 24.9 Å². The molecule has 6 bridgehead atoms. The average molecular weight is 453 g/mol. The summed E-state index contributed by atoms with van der Waals surface area (Å²) in [5, 5.41) is 46.2. The number of rotatable bonds is 5. The van der Waals surface area contributed by atoms with Crippen LogP contribution in [0.4, 0.5) is 0 Å². The maximum absolute atomic E-state index is 12.6. The second kappa shape index (κ2) is 6.36. The summed E-state index contributed by atoms with van der Waals surface area (Å²) in [6, 6.07) is 0. The lowest BCUT2D eigenvalue weighted by Gasteiger charge is -2.51. The number of hydrogen-bond donors (Lipinski definition) is 4. The molecule has 5 nitrogen and oxygen atoms in total. The Morgan fingerprint density at radius 1 is 0.871 bits per heavy atom. The molecule has 0 aliphatic heterocycles. The quantitative estimate of drug-likeness (QED) is 0.481. The van der Waals surface area contributed by atoms with Crippen molar-refractivity contribution < 1.29 is 24.9 Å². The fraction of sp³-hybridized carbons (Fsp3) is 1.00. The molecule has 6 rings (SSSR count). The van der Waals surface area contributed by atoms with Gasteiger partial charge in [0.15, 0.2) is 0 Å². The van der Waals surface area contributed by atoms with Crippen LogP contribution in [-0.4, -0.2) is 58.8 Å². The van der Waals surface area contributed by atoms with Crippen molar-refractivity contribution in [3.63, 3.8) is 0 Å². The van der Waals surface area contributed by atoms with Gasteiger partial charge in [-0.15, -0.1) is 0 Å². The van der Waals surface area contributed by atoms with Crippen molar-refractivity contribution in [1.29, 1.82) is 0 Å². The molecule has 6 heteroatoms. The molecular formula is C25H44O5Si. The van der Waals surface area contributed by atoms with Crippen LogP contribution in [-0.2, 0) is 4.43 Å². The Bertz CT molecular complexity index is 745. The summed E-state index contributed by atoms with van der Waals surface area (Å²) in [6.45, 7) is 18.0. The lowest BCUT2D eigenvalue weighted by molar-refractivity contribution is -0.189. The van der Waals surface area contributed by atoms with Crippen LogP contribution in [0.25, 0.3) is 0 Å². The van der Waals surface area contributed by atoms with Crippen LogP contribution in [0.1, 0.15) is 68.2 Å². The first kappa shape index (κ1) is 22.8. The monoisotopic (exact) mass is 452 g/mol. The van der Waals surface area contributed by atoms with Crippen molar-refractivity contribution in [3.05, 3.63) is 0 Å². The van der Waals surface area contributed by atoms with E-state index in [0.717, 1.165) is 12.8 Å². The molecule has 0 aromatic heterocycles. The fourth-order valence-electron chi connectivity index (χ4n) is 10.5. The highest BCUT2D eigenvalue weighted by Gasteiger charge is 2.90. The molecule has 0 unspecified atom stereocenters. The lowest BCUT2D eigenvalue weighted by atomic mass is 9.67. The second-order valence-electron chi connectivity index (χ2n) is 13.5. The summed E-state index contributed by atoms with van der Waals surface area (Å²) in [6.07, 6.45) is -1.53. The smallest absolute Gasteiger partial charge is 0.200 e. The Balaban J connectivity index is 1.65. The predicted molar refractivity (Wildman–Crippen MR) is 122 cm³/mol. The van der Waals surface area contributed by atoms with E-state index in [1.165, 1.54) is 0 Å². The van der Waals surface area contributed by atoms with Crippen molar-refractivity contribution in [2.45, 2.75) is 115 Å². The van der Waals surface area contributed by atoms with E-state index in [0.29, 0.717) is 22.5 Å². The van der Waals surface area contributed by atoms with E-state index in [2.05, 4.69) is 55.4 Å². The van der Waals surface area contributed by atoms with Gasteiger partial charge in [0.05, 0.1) is 24.4 Å². The van der Waals surface area contributed by atoms with Gasteiger partial charge in [-0.25, -0.2) is 0 Å². The molecule has 11 atom stereocenters. The molecule has 0 saturated heterocycles. The minimum atomic E-state index is -2.31. The van der Waals surface area contributed by atoms with E-state index in [1.54, 1.807) is 0 Å². The van der Waals surface area contributed by atoms with Crippen LogP contribution in [0.3, 0.4) is 0 Å². The first-order chi connectivity index (χ1) is 14.2. The number of aliphatic hydroxyl groups is 4. The maximum atomic E-state index is 12.6. The van der Waals surface area contributed by atoms with E-state index in [-0.39, 0.29) is 23.2 Å². The number of fused-ring (bicyclic) bond motifs is 1. The van der Waals surface area contributed by atoms with Gasteiger partial charge in [0.2, 0.25) is 8.32 Å². The largest absolute Gasteiger partial charge is 0.410 e. The van der Waals surface area contributed by atoms with E-state index in [1.807, 2.05) is 0 Å². The molecule has 0 heterocycles. The van der Waals surface area contributed by atoms with Crippen molar-refractivity contribution in [2.75, 3.05) is 0 Å². The molecule has 6 aliphatic carbocycles. The summed E-state index contributed by atoms with van der Waals surface area (Å²) in [5.41, 5.74) is -0.933. The zero-order valence-electron chi connectivity index (χ0n) is 20.5. The van der Waals surface area contributed by atoms with Gasteiger partial charge in [-0.1, -0.05) is 55.4 Å².